The maximum atomic E-state index is 5.74. The summed E-state index contributed by atoms with van der Waals surface area (Å²) in [4.78, 5) is 2.21. The average molecular weight is 191 g/mol. The fraction of sp³-hybridized carbons (Fsp3) is 0.500. The molecule has 1 heterocycles. The lowest BCUT2D eigenvalue weighted by Gasteiger charge is -2.33. The summed E-state index contributed by atoms with van der Waals surface area (Å²) in [5.41, 5.74) is 2.74. The van der Waals surface area contributed by atoms with E-state index < -0.39 is 0 Å². The maximum absolute atomic E-state index is 5.74. The number of likely N-dealkylation sites (N-methyl/N-ethyl adjacent to an activating group) is 1. The van der Waals surface area contributed by atoms with E-state index in [1.165, 1.54) is 11.1 Å². The Morgan fingerprint density at radius 2 is 1.86 bits per heavy atom. The minimum atomic E-state index is 0.238. The summed E-state index contributed by atoms with van der Waals surface area (Å²) in [6.07, 6.45) is 0.238. The van der Waals surface area contributed by atoms with Crippen molar-refractivity contribution in [2.75, 3.05) is 20.7 Å². The average Bonchev–Trinajstić information content (AvgIpc) is 2.18. The van der Waals surface area contributed by atoms with Crippen molar-refractivity contribution in [2.45, 2.75) is 19.1 Å². The van der Waals surface area contributed by atoms with Crippen LogP contribution in [0.4, 0.5) is 0 Å². The summed E-state index contributed by atoms with van der Waals surface area (Å²) >= 11 is 0. The standard InChI is InChI=1S/C12H17NO/c1-9-10-6-4-5-7-11(10)12(8-14-9)13(2)3/h4-7,9,12H,8H2,1-3H3/t9-,12?/m0/s1. The molecule has 0 bridgehead atoms. The van der Waals surface area contributed by atoms with Gasteiger partial charge in [-0.2, -0.15) is 0 Å². The SMILES string of the molecule is C[C@@H]1OCC(N(C)C)c2ccccc21. The zero-order chi connectivity index (χ0) is 10.1. The summed E-state index contributed by atoms with van der Waals surface area (Å²) in [6.45, 7) is 2.91. The summed E-state index contributed by atoms with van der Waals surface area (Å²) in [5.74, 6) is 0. The molecule has 2 atom stereocenters. The van der Waals surface area contributed by atoms with Crippen molar-refractivity contribution in [1.29, 1.82) is 0 Å². The van der Waals surface area contributed by atoms with Crippen LogP contribution >= 0.6 is 0 Å². The smallest absolute Gasteiger partial charge is 0.0801 e. The molecule has 0 aromatic heterocycles. The second-order valence-corrected chi connectivity index (χ2v) is 4.08. The number of ether oxygens (including phenoxy) is 1. The fourth-order valence-electron chi connectivity index (χ4n) is 2.03. The highest BCUT2D eigenvalue weighted by Crippen LogP contribution is 2.33. The quantitative estimate of drug-likeness (QED) is 0.675. The molecule has 0 aliphatic carbocycles. The topological polar surface area (TPSA) is 12.5 Å². The van der Waals surface area contributed by atoms with Gasteiger partial charge in [0.05, 0.1) is 18.8 Å². The van der Waals surface area contributed by atoms with Crippen molar-refractivity contribution in [3.05, 3.63) is 35.4 Å². The van der Waals surface area contributed by atoms with Gasteiger partial charge in [0.15, 0.2) is 0 Å². The van der Waals surface area contributed by atoms with Crippen LogP contribution in [-0.2, 0) is 4.74 Å². The molecule has 14 heavy (non-hydrogen) atoms. The van der Waals surface area contributed by atoms with Gasteiger partial charge in [0, 0.05) is 0 Å². The van der Waals surface area contributed by atoms with Gasteiger partial charge in [-0.3, -0.25) is 0 Å². The van der Waals surface area contributed by atoms with E-state index in [9.17, 15) is 0 Å². The van der Waals surface area contributed by atoms with Gasteiger partial charge in [-0.05, 0) is 32.1 Å². The number of hydrogen-bond donors (Lipinski definition) is 0. The number of fused-ring (bicyclic) bond motifs is 1. The van der Waals surface area contributed by atoms with E-state index >= 15 is 0 Å². The van der Waals surface area contributed by atoms with Gasteiger partial charge in [-0.15, -0.1) is 0 Å². The lowest BCUT2D eigenvalue weighted by atomic mass is 9.94. The van der Waals surface area contributed by atoms with Crippen LogP contribution < -0.4 is 0 Å². The summed E-state index contributed by atoms with van der Waals surface area (Å²) in [6, 6.07) is 8.96. The van der Waals surface area contributed by atoms with E-state index in [2.05, 4.69) is 50.2 Å². The molecule has 2 nitrogen and oxygen atoms in total. The molecule has 1 aliphatic rings. The van der Waals surface area contributed by atoms with E-state index in [1.807, 2.05) is 0 Å². The molecule has 0 radical (unpaired) electrons. The second-order valence-electron chi connectivity index (χ2n) is 4.08. The van der Waals surface area contributed by atoms with E-state index in [1.54, 1.807) is 0 Å². The molecule has 0 spiro atoms. The van der Waals surface area contributed by atoms with Crippen molar-refractivity contribution in [3.8, 4) is 0 Å². The summed E-state index contributed by atoms with van der Waals surface area (Å²) < 4.78 is 5.74. The zero-order valence-corrected chi connectivity index (χ0v) is 9.03. The van der Waals surface area contributed by atoms with Crippen LogP contribution in [0.5, 0.6) is 0 Å². The highest BCUT2D eigenvalue weighted by atomic mass is 16.5. The Bertz CT molecular complexity index is 322. The molecule has 1 aliphatic heterocycles. The minimum absolute atomic E-state index is 0.238. The van der Waals surface area contributed by atoms with Gasteiger partial charge in [0.2, 0.25) is 0 Å². The largest absolute Gasteiger partial charge is 0.372 e. The molecular formula is C12H17NO. The van der Waals surface area contributed by atoms with Crippen LogP contribution in [-0.4, -0.2) is 25.6 Å². The first kappa shape index (κ1) is 9.69. The first-order valence-corrected chi connectivity index (χ1v) is 5.07. The van der Waals surface area contributed by atoms with Crippen molar-refractivity contribution in [3.63, 3.8) is 0 Å². The van der Waals surface area contributed by atoms with E-state index in [4.69, 9.17) is 4.74 Å². The van der Waals surface area contributed by atoms with Gasteiger partial charge in [0.1, 0.15) is 0 Å². The summed E-state index contributed by atoms with van der Waals surface area (Å²) in [7, 11) is 4.20. The molecule has 2 heteroatoms. The third-order valence-corrected chi connectivity index (χ3v) is 2.92. The fourth-order valence-corrected chi connectivity index (χ4v) is 2.03. The van der Waals surface area contributed by atoms with E-state index in [0.717, 1.165) is 6.61 Å². The molecule has 0 saturated heterocycles. The van der Waals surface area contributed by atoms with Crippen molar-refractivity contribution >= 4 is 0 Å². The Hall–Kier alpha value is -0.860. The van der Waals surface area contributed by atoms with Crippen LogP contribution in [0.25, 0.3) is 0 Å². The molecule has 0 saturated carbocycles. The Kier molecular flexibility index (Phi) is 2.57. The number of rotatable bonds is 1. The van der Waals surface area contributed by atoms with Crippen molar-refractivity contribution < 1.29 is 4.74 Å². The van der Waals surface area contributed by atoms with Gasteiger partial charge >= 0.3 is 0 Å². The van der Waals surface area contributed by atoms with Gasteiger partial charge in [-0.25, -0.2) is 0 Å². The van der Waals surface area contributed by atoms with E-state index in [-0.39, 0.29) is 6.10 Å². The molecule has 76 valence electrons. The van der Waals surface area contributed by atoms with Crippen LogP contribution in [0, 0.1) is 0 Å². The Balaban J connectivity index is 2.41. The third-order valence-electron chi connectivity index (χ3n) is 2.92. The van der Waals surface area contributed by atoms with Crippen molar-refractivity contribution in [2.24, 2.45) is 0 Å². The highest BCUT2D eigenvalue weighted by molar-refractivity contribution is 5.33. The Labute approximate surface area is 85.5 Å². The van der Waals surface area contributed by atoms with Crippen LogP contribution in [0.2, 0.25) is 0 Å². The highest BCUT2D eigenvalue weighted by Gasteiger charge is 2.25. The molecule has 1 aromatic carbocycles. The lowest BCUT2D eigenvalue weighted by Crippen LogP contribution is -2.30. The zero-order valence-electron chi connectivity index (χ0n) is 9.03. The molecule has 2 rings (SSSR count). The third kappa shape index (κ3) is 1.56. The van der Waals surface area contributed by atoms with Crippen molar-refractivity contribution in [1.82, 2.24) is 4.90 Å². The minimum Gasteiger partial charge on any atom is -0.372 e. The van der Waals surface area contributed by atoms with Gasteiger partial charge < -0.3 is 9.64 Å². The molecule has 0 amide bonds. The maximum Gasteiger partial charge on any atom is 0.0801 e. The predicted octanol–water partition coefficient (Wildman–Crippen LogP) is 2.38. The normalized spacial score (nSPS) is 26.3. The monoisotopic (exact) mass is 191 g/mol. The first-order chi connectivity index (χ1) is 6.70. The predicted molar refractivity (Wildman–Crippen MR) is 57.2 cm³/mol. The number of nitrogens with zero attached hydrogens (tertiary/aromatic N) is 1. The van der Waals surface area contributed by atoms with Gasteiger partial charge in [0.25, 0.3) is 0 Å². The molecule has 0 N–H and O–H groups in total. The number of hydrogen-bond acceptors (Lipinski definition) is 2. The lowest BCUT2D eigenvalue weighted by molar-refractivity contribution is 0.00948. The van der Waals surface area contributed by atoms with Crippen LogP contribution in [0.3, 0.4) is 0 Å². The number of benzene rings is 1. The Morgan fingerprint density at radius 3 is 2.50 bits per heavy atom. The van der Waals surface area contributed by atoms with Gasteiger partial charge in [-0.1, -0.05) is 24.3 Å². The molecule has 0 fully saturated rings. The van der Waals surface area contributed by atoms with E-state index in [0.29, 0.717) is 6.04 Å². The second kappa shape index (κ2) is 3.71. The first-order valence-electron chi connectivity index (χ1n) is 5.07. The molecule has 1 aromatic rings. The summed E-state index contributed by atoms with van der Waals surface area (Å²) in [5, 5.41) is 0. The van der Waals surface area contributed by atoms with Crippen LogP contribution in [0.1, 0.15) is 30.2 Å². The van der Waals surface area contributed by atoms with Crippen LogP contribution in [0.15, 0.2) is 24.3 Å². The Morgan fingerprint density at radius 1 is 1.21 bits per heavy atom. The molecule has 1 unspecified atom stereocenters. The molecular weight excluding hydrogens is 174 g/mol.